The molecular weight excluding hydrogens is 442 g/mol. The molecule has 0 saturated carbocycles. The number of hydrogen-bond donors (Lipinski definition) is 0. The summed E-state index contributed by atoms with van der Waals surface area (Å²) < 4.78 is 2.30. The molecule has 2 aliphatic heterocycles. The van der Waals surface area contributed by atoms with Gasteiger partial charge in [0.05, 0.1) is 6.54 Å². The molecule has 36 heavy (non-hydrogen) atoms. The Morgan fingerprint density at radius 1 is 0.944 bits per heavy atom. The van der Waals surface area contributed by atoms with E-state index >= 15 is 0 Å². The fraction of sp³-hybridized carbons (Fsp3) is 0.548. The fourth-order valence-electron chi connectivity index (χ4n) is 6.02. The van der Waals surface area contributed by atoms with Crippen LogP contribution in [-0.4, -0.2) is 63.1 Å². The SMILES string of the molecule is Cc1cc(C)c2nc(C(C)C)n(Cc3ccc(C=CCN4CCC(N5CCCCC5)CC4)cc3)c2n1. The Hall–Kier alpha value is -2.50. The zero-order valence-electron chi connectivity index (χ0n) is 22.7. The van der Waals surface area contributed by atoms with E-state index in [1.165, 1.54) is 75.0 Å². The van der Waals surface area contributed by atoms with Crippen LogP contribution in [0, 0.1) is 13.8 Å². The van der Waals surface area contributed by atoms with Crippen molar-refractivity contribution in [2.45, 2.75) is 78.3 Å². The van der Waals surface area contributed by atoms with Crippen LogP contribution in [0.1, 0.15) is 80.1 Å². The highest BCUT2D eigenvalue weighted by molar-refractivity contribution is 5.76. The number of benzene rings is 1. The molecule has 0 N–H and O–H groups in total. The van der Waals surface area contributed by atoms with Gasteiger partial charge in [0, 0.05) is 24.2 Å². The molecule has 5 heteroatoms. The van der Waals surface area contributed by atoms with Gasteiger partial charge in [-0.1, -0.05) is 56.7 Å². The van der Waals surface area contributed by atoms with Gasteiger partial charge in [0.2, 0.25) is 0 Å². The van der Waals surface area contributed by atoms with Crippen LogP contribution in [0.4, 0.5) is 0 Å². The van der Waals surface area contributed by atoms with Crippen molar-refractivity contribution in [3.8, 4) is 0 Å². The molecule has 5 nitrogen and oxygen atoms in total. The van der Waals surface area contributed by atoms with E-state index in [-0.39, 0.29) is 0 Å². The summed E-state index contributed by atoms with van der Waals surface area (Å²) >= 11 is 0. The number of piperidine rings is 2. The van der Waals surface area contributed by atoms with Gasteiger partial charge in [-0.2, -0.15) is 0 Å². The molecule has 2 fully saturated rings. The Balaban J connectivity index is 1.18. The largest absolute Gasteiger partial charge is 0.308 e. The van der Waals surface area contributed by atoms with E-state index in [2.05, 4.69) is 84.5 Å². The Labute approximate surface area is 217 Å². The van der Waals surface area contributed by atoms with Crippen molar-refractivity contribution in [2.75, 3.05) is 32.7 Å². The zero-order chi connectivity index (χ0) is 25.1. The second-order valence-electron chi connectivity index (χ2n) is 11.2. The standard InChI is InChI=1S/C31H43N5/c1-23(2)30-33-29-24(3)21-25(4)32-31(29)36(30)22-27-12-10-26(11-13-27)9-8-16-34-19-14-28(15-20-34)35-17-6-5-7-18-35/h8-13,21,23,28H,5-7,14-20,22H2,1-4H3. The van der Waals surface area contributed by atoms with Crippen molar-refractivity contribution in [3.05, 3.63) is 64.6 Å². The quantitative estimate of drug-likeness (QED) is 0.400. The number of rotatable bonds is 7. The second kappa shape index (κ2) is 11.3. The van der Waals surface area contributed by atoms with Gasteiger partial charge in [-0.15, -0.1) is 0 Å². The number of imidazole rings is 1. The van der Waals surface area contributed by atoms with Gasteiger partial charge >= 0.3 is 0 Å². The number of likely N-dealkylation sites (tertiary alicyclic amines) is 2. The lowest BCUT2D eigenvalue weighted by molar-refractivity contribution is 0.0975. The molecule has 1 aromatic carbocycles. The van der Waals surface area contributed by atoms with E-state index in [0.29, 0.717) is 5.92 Å². The van der Waals surface area contributed by atoms with E-state index in [1.54, 1.807) is 0 Å². The first-order valence-corrected chi connectivity index (χ1v) is 14.0. The van der Waals surface area contributed by atoms with Crippen molar-refractivity contribution in [1.82, 2.24) is 24.3 Å². The van der Waals surface area contributed by atoms with Gasteiger partial charge in [-0.05, 0) is 88.5 Å². The van der Waals surface area contributed by atoms with Crippen LogP contribution in [0.5, 0.6) is 0 Å². The zero-order valence-corrected chi connectivity index (χ0v) is 22.7. The van der Waals surface area contributed by atoms with E-state index in [0.717, 1.165) is 41.8 Å². The van der Waals surface area contributed by atoms with Crippen molar-refractivity contribution < 1.29 is 0 Å². The lowest BCUT2D eigenvalue weighted by atomic mass is 10.00. The van der Waals surface area contributed by atoms with Crippen LogP contribution in [0.2, 0.25) is 0 Å². The maximum absolute atomic E-state index is 4.96. The molecule has 0 unspecified atom stereocenters. The molecule has 4 heterocycles. The number of nitrogens with zero attached hydrogens (tertiary/aromatic N) is 5. The molecule has 0 aliphatic carbocycles. The first kappa shape index (κ1) is 25.2. The number of hydrogen-bond acceptors (Lipinski definition) is 4. The normalized spacial score (nSPS) is 18.7. The van der Waals surface area contributed by atoms with E-state index in [9.17, 15) is 0 Å². The molecule has 0 spiro atoms. The predicted octanol–water partition coefficient (Wildman–Crippen LogP) is 6.18. The minimum absolute atomic E-state index is 0.353. The topological polar surface area (TPSA) is 37.2 Å². The molecule has 2 aliphatic rings. The van der Waals surface area contributed by atoms with Crippen molar-refractivity contribution in [2.24, 2.45) is 0 Å². The predicted molar refractivity (Wildman–Crippen MR) is 151 cm³/mol. The number of pyridine rings is 1. The van der Waals surface area contributed by atoms with E-state index in [1.807, 2.05) is 0 Å². The molecule has 5 rings (SSSR count). The third-order valence-electron chi connectivity index (χ3n) is 8.03. The summed E-state index contributed by atoms with van der Waals surface area (Å²) in [6.07, 6.45) is 11.5. The van der Waals surface area contributed by atoms with Gasteiger partial charge in [0.1, 0.15) is 11.3 Å². The molecule has 0 amide bonds. The number of fused-ring (bicyclic) bond motifs is 1. The van der Waals surface area contributed by atoms with Crippen LogP contribution in [0.3, 0.4) is 0 Å². The molecular formula is C31H43N5. The van der Waals surface area contributed by atoms with Crippen LogP contribution in [0.25, 0.3) is 17.2 Å². The van der Waals surface area contributed by atoms with Crippen LogP contribution in [0.15, 0.2) is 36.4 Å². The minimum atomic E-state index is 0.353. The van der Waals surface area contributed by atoms with Gasteiger partial charge in [0.15, 0.2) is 5.65 Å². The second-order valence-corrected chi connectivity index (χ2v) is 11.2. The van der Waals surface area contributed by atoms with Crippen LogP contribution >= 0.6 is 0 Å². The molecule has 2 aromatic heterocycles. The molecule has 0 atom stereocenters. The fourth-order valence-corrected chi connectivity index (χ4v) is 6.02. The highest BCUT2D eigenvalue weighted by Crippen LogP contribution is 2.25. The highest BCUT2D eigenvalue weighted by atomic mass is 15.2. The summed E-state index contributed by atoms with van der Waals surface area (Å²) in [4.78, 5) is 15.2. The van der Waals surface area contributed by atoms with Crippen LogP contribution in [-0.2, 0) is 6.54 Å². The third kappa shape index (κ3) is 5.73. The van der Waals surface area contributed by atoms with Gasteiger partial charge in [0.25, 0.3) is 0 Å². The Morgan fingerprint density at radius 3 is 2.36 bits per heavy atom. The van der Waals surface area contributed by atoms with Gasteiger partial charge in [-0.3, -0.25) is 4.90 Å². The van der Waals surface area contributed by atoms with Crippen molar-refractivity contribution in [1.29, 1.82) is 0 Å². The summed E-state index contributed by atoms with van der Waals surface area (Å²) in [7, 11) is 0. The number of aryl methyl sites for hydroxylation is 2. The number of aromatic nitrogens is 3. The smallest absolute Gasteiger partial charge is 0.160 e. The van der Waals surface area contributed by atoms with Crippen LogP contribution < -0.4 is 0 Å². The van der Waals surface area contributed by atoms with Crippen molar-refractivity contribution >= 4 is 17.2 Å². The first-order chi connectivity index (χ1) is 17.5. The Kier molecular flexibility index (Phi) is 7.87. The third-order valence-corrected chi connectivity index (χ3v) is 8.03. The summed E-state index contributed by atoms with van der Waals surface area (Å²) in [5, 5.41) is 0. The highest BCUT2D eigenvalue weighted by Gasteiger charge is 2.25. The van der Waals surface area contributed by atoms with E-state index in [4.69, 9.17) is 9.97 Å². The molecule has 3 aromatic rings. The molecule has 192 valence electrons. The molecule has 2 saturated heterocycles. The lowest BCUT2D eigenvalue weighted by Gasteiger charge is -2.40. The molecule has 0 radical (unpaired) electrons. The summed E-state index contributed by atoms with van der Waals surface area (Å²) in [6.45, 7) is 15.6. The maximum atomic E-state index is 4.96. The van der Waals surface area contributed by atoms with Gasteiger partial charge < -0.3 is 9.47 Å². The van der Waals surface area contributed by atoms with Crippen molar-refractivity contribution in [3.63, 3.8) is 0 Å². The minimum Gasteiger partial charge on any atom is -0.308 e. The van der Waals surface area contributed by atoms with E-state index < -0.39 is 0 Å². The lowest BCUT2D eigenvalue weighted by Crippen LogP contribution is -2.46. The summed E-state index contributed by atoms with van der Waals surface area (Å²) in [5.41, 5.74) is 6.84. The average Bonchev–Trinajstić information content (AvgIpc) is 3.25. The monoisotopic (exact) mass is 485 g/mol. The van der Waals surface area contributed by atoms with Gasteiger partial charge in [-0.25, -0.2) is 9.97 Å². The summed E-state index contributed by atoms with van der Waals surface area (Å²) in [6, 6.07) is 11.9. The first-order valence-electron chi connectivity index (χ1n) is 14.0. The maximum Gasteiger partial charge on any atom is 0.160 e. The Bertz CT molecular complexity index is 1180. The molecule has 0 bridgehead atoms. The Morgan fingerprint density at radius 2 is 1.67 bits per heavy atom. The average molecular weight is 486 g/mol. The summed E-state index contributed by atoms with van der Waals surface area (Å²) in [5.74, 6) is 1.46.